The monoisotopic (exact) mass is 417 g/mol. The number of rotatable bonds is 6. The fraction of sp³-hybridized carbons (Fsp3) is 0.400. The van der Waals surface area contributed by atoms with Crippen LogP contribution in [0.3, 0.4) is 0 Å². The van der Waals surface area contributed by atoms with Gasteiger partial charge in [0, 0.05) is 16.1 Å². The van der Waals surface area contributed by atoms with Crippen LogP contribution in [0.4, 0.5) is 0 Å². The van der Waals surface area contributed by atoms with E-state index in [2.05, 4.69) is 15.0 Å². The van der Waals surface area contributed by atoms with Gasteiger partial charge in [0.1, 0.15) is 10.7 Å². The second kappa shape index (κ2) is 7.67. The van der Waals surface area contributed by atoms with Crippen molar-refractivity contribution in [2.45, 2.75) is 52.5 Å². The van der Waals surface area contributed by atoms with Crippen LogP contribution in [-0.4, -0.2) is 31.8 Å². The van der Waals surface area contributed by atoms with Gasteiger partial charge in [0.15, 0.2) is 11.6 Å². The number of nitrogens with one attached hydrogen (secondary N) is 2. The molecule has 3 aromatic rings. The molecule has 1 atom stereocenters. The van der Waals surface area contributed by atoms with Crippen LogP contribution in [0.1, 0.15) is 62.2 Å². The fourth-order valence-corrected chi connectivity index (χ4v) is 5.24. The molecule has 0 bridgehead atoms. The predicted molar refractivity (Wildman–Crippen MR) is 115 cm³/mol. The summed E-state index contributed by atoms with van der Waals surface area (Å²) < 4.78 is 0. The average molecular weight is 418 g/mol. The number of aryl methyl sites for hydroxylation is 3. The summed E-state index contributed by atoms with van der Waals surface area (Å²) in [6, 6.07) is 0. The van der Waals surface area contributed by atoms with Crippen molar-refractivity contribution in [1.82, 2.24) is 15.0 Å². The Morgan fingerprint density at radius 3 is 2.43 bits per heavy atom. The maximum atomic E-state index is 12.8. The summed E-state index contributed by atoms with van der Waals surface area (Å²) in [7, 11) is 0. The molecule has 0 aliphatic heterocycles. The van der Waals surface area contributed by atoms with Gasteiger partial charge >= 0.3 is 0 Å². The van der Waals surface area contributed by atoms with Crippen molar-refractivity contribution in [3.63, 3.8) is 0 Å². The summed E-state index contributed by atoms with van der Waals surface area (Å²) in [5.74, 6) is 0.866. The van der Waals surface area contributed by atoms with Crippen LogP contribution in [0.2, 0.25) is 0 Å². The molecule has 0 aromatic carbocycles. The molecule has 0 radical (unpaired) electrons. The number of hydrogen-bond donors (Lipinski definition) is 2. The standard InChI is InChI=1S/C20H23N3O3S2/c1-8-12(5)28-20-16(8)19(26)22-14(23-20)7-27-13(6)18(25)17-9(2)15(11(4)24)10(3)21-17/h13,21H,7H2,1-6H3,(H,22,23,26)/t13-/m0/s1. The van der Waals surface area contributed by atoms with Gasteiger partial charge in [-0.2, -0.15) is 0 Å². The van der Waals surface area contributed by atoms with E-state index in [1.165, 1.54) is 30.0 Å². The molecule has 148 valence electrons. The van der Waals surface area contributed by atoms with Crippen molar-refractivity contribution >= 4 is 44.9 Å². The number of aromatic amines is 2. The maximum Gasteiger partial charge on any atom is 0.259 e. The highest BCUT2D eigenvalue weighted by atomic mass is 32.2. The van der Waals surface area contributed by atoms with E-state index in [4.69, 9.17) is 0 Å². The maximum absolute atomic E-state index is 12.8. The topological polar surface area (TPSA) is 95.7 Å². The Morgan fingerprint density at radius 1 is 1.14 bits per heavy atom. The number of hydrogen-bond acceptors (Lipinski definition) is 6. The number of nitrogens with zero attached hydrogens (tertiary/aromatic N) is 1. The van der Waals surface area contributed by atoms with Gasteiger partial charge in [-0.15, -0.1) is 23.1 Å². The van der Waals surface area contributed by atoms with Gasteiger partial charge in [0.05, 0.1) is 22.1 Å². The first kappa shape index (κ1) is 20.5. The number of thiophene rings is 1. The Hall–Kier alpha value is -2.19. The third-order valence-corrected chi connectivity index (χ3v) is 7.22. The molecule has 0 aliphatic carbocycles. The minimum atomic E-state index is -0.343. The van der Waals surface area contributed by atoms with E-state index < -0.39 is 0 Å². The van der Waals surface area contributed by atoms with Crippen LogP contribution < -0.4 is 5.56 Å². The number of aromatic nitrogens is 3. The molecule has 0 aliphatic rings. The summed E-state index contributed by atoms with van der Waals surface area (Å²) in [4.78, 5) is 49.3. The molecule has 0 saturated heterocycles. The fourth-order valence-electron chi connectivity index (χ4n) is 3.37. The molecule has 0 spiro atoms. The third kappa shape index (κ3) is 3.58. The first-order valence-electron chi connectivity index (χ1n) is 8.96. The zero-order valence-electron chi connectivity index (χ0n) is 16.8. The van der Waals surface area contributed by atoms with Gasteiger partial charge in [-0.1, -0.05) is 0 Å². The molecule has 0 saturated carbocycles. The van der Waals surface area contributed by atoms with Crippen LogP contribution in [0.5, 0.6) is 0 Å². The highest BCUT2D eigenvalue weighted by molar-refractivity contribution is 7.99. The second-order valence-corrected chi connectivity index (χ2v) is 9.51. The van der Waals surface area contributed by atoms with Crippen LogP contribution in [0.15, 0.2) is 4.79 Å². The van der Waals surface area contributed by atoms with Crippen LogP contribution in [0, 0.1) is 27.7 Å². The van der Waals surface area contributed by atoms with Crippen LogP contribution >= 0.6 is 23.1 Å². The number of H-pyrrole nitrogens is 2. The summed E-state index contributed by atoms with van der Waals surface area (Å²) in [6.07, 6.45) is 0. The molecular weight excluding hydrogens is 394 g/mol. The van der Waals surface area contributed by atoms with Crippen molar-refractivity contribution in [3.05, 3.63) is 49.1 Å². The van der Waals surface area contributed by atoms with E-state index in [9.17, 15) is 14.4 Å². The first-order valence-corrected chi connectivity index (χ1v) is 10.8. The van der Waals surface area contributed by atoms with E-state index in [1.807, 2.05) is 20.8 Å². The Balaban J connectivity index is 1.79. The van der Waals surface area contributed by atoms with Crippen molar-refractivity contribution in [1.29, 1.82) is 0 Å². The largest absolute Gasteiger partial charge is 0.355 e. The lowest BCUT2D eigenvalue weighted by atomic mass is 10.0. The zero-order chi connectivity index (χ0) is 20.7. The molecule has 28 heavy (non-hydrogen) atoms. The lowest BCUT2D eigenvalue weighted by Crippen LogP contribution is -2.17. The normalized spacial score (nSPS) is 12.5. The summed E-state index contributed by atoms with van der Waals surface area (Å²) in [5.41, 5.74) is 3.30. The lowest BCUT2D eigenvalue weighted by Gasteiger charge is -2.10. The SMILES string of the molecule is CC(=O)c1c(C)[nH]c(C(=O)[C@H](C)SCc2nc3sc(C)c(C)c3c(=O)[nH]2)c1C. The zero-order valence-corrected chi connectivity index (χ0v) is 18.4. The number of ketones is 2. The van der Waals surface area contributed by atoms with Crippen molar-refractivity contribution in [2.75, 3.05) is 0 Å². The van der Waals surface area contributed by atoms with Crippen LogP contribution in [-0.2, 0) is 5.75 Å². The van der Waals surface area contributed by atoms with E-state index in [1.54, 1.807) is 13.8 Å². The van der Waals surface area contributed by atoms with Crippen molar-refractivity contribution < 1.29 is 9.59 Å². The molecule has 3 rings (SSSR count). The molecular formula is C20H23N3O3S2. The molecule has 8 heteroatoms. The van der Waals surface area contributed by atoms with Gasteiger partial charge in [-0.25, -0.2) is 4.98 Å². The minimum Gasteiger partial charge on any atom is -0.355 e. The summed E-state index contributed by atoms with van der Waals surface area (Å²) in [5, 5.41) is 0.305. The van der Waals surface area contributed by atoms with Crippen molar-refractivity contribution in [3.8, 4) is 0 Å². The Morgan fingerprint density at radius 2 is 1.82 bits per heavy atom. The van der Waals surface area contributed by atoms with Gasteiger partial charge < -0.3 is 9.97 Å². The third-order valence-electron chi connectivity index (χ3n) is 4.96. The quantitative estimate of drug-likeness (QED) is 0.585. The minimum absolute atomic E-state index is 0.0535. The number of Topliss-reactive ketones (excluding diaryl/α,β-unsaturated/α-hetero) is 2. The highest BCUT2D eigenvalue weighted by Crippen LogP contribution is 2.27. The Bertz CT molecular complexity index is 1150. The summed E-state index contributed by atoms with van der Waals surface area (Å²) >= 11 is 2.92. The van der Waals surface area contributed by atoms with Gasteiger partial charge in [-0.3, -0.25) is 14.4 Å². The van der Waals surface area contributed by atoms with Gasteiger partial charge in [0.25, 0.3) is 5.56 Å². The predicted octanol–water partition coefficient (Wildman–Crippen LogP) is 4.25. The summed E-state index contributed by atoms with van der Waals surface area (Å²) in [6.45, 7) is 10.8. The first-order chi connectivity index (χ1) is 13.1. The molecule has 3 aromatic heterocycles. The van der Waals surface area contributed by atoms with E-state index in [-0.39, 0.29) is 22.4 Å². The van der Waals surface area contributed by atoms with E-state index >= 15 is 0 Å². The highest BCUT2D eigenvalue weighted by Gasteiger charge is 2.24. The average Bonchev–Trinajstić information content (AvgIpc) is 3.07. The molecule has 0 unspecified atom stereocenters. The van der Waals surface area contributed by atoms with Crippen LogP contribution in [0.25, 0.3) is 10.2 Å². The van der Waals surface area contributed by atoms with E-state index in [0.29, 0.717) is 39.5 Å². The molecule has 2 N–H and O–H groups in total. The molecule has 6 nitrogen and oxygen atoms in total. The van der Waals surface area contributed by atoms with Gasteiger partial charge in [0.2, 0.25) is 0 Å². The van der Waals surface area contributed by atoms with Crippen molar-refractivity contribution in [2.24, 2.45) is 0 Å². The smallest absolute Gasteiger partial charge is 0.259 e. The van der Waals surface area contributed by atoms with Gasteiger partial charge in [-0.05, 0) is 52.7 Å². The Kier molecular flexibility index (Phi) is 5.63. The number of fused-ring (bicyclic) bond motifs is 1. The number of carbonyl (C=O) groups excluding carboxylic acids is 2. The molecule has 0 amide bonds. The molecule has 3 heterocycles. The second-order valence-electron chi connectivity index (χ2n) is 6.97. The Labute approximate surface area is 171 Å². The lowest BCUT2D eigenvalue weighted by molar-refractivity contribution is 0.0988. The number of carbonyl (C=O) groups is 2. The number of thioether (sulfide) groups is 1. The molecule has 0 fully saturated rings. The van der Waals surface area contributed by atoms with E-state index in [0.717, 1.165) is 15.3 Å².